The number of amides is 2. The number of nitrogens with one attached hydrogen (secondary N) is 2. The summed E-state index contributed by atoms with van der Waals surface area (Å²) >= 11 is 0. The van der Waals surface area contributed by atoms with Gasteiger partial charge in [0.1, 0.15) is 17.2 Å². The molecule has 0 aliphatic heterocycles. The van der Waals surface area contributed by atoms with Crippen LogP contribution in [-0.4, -0.2) is 18.9 Å². The van der Waals surface area contributed by atoms with Gasteiger partial charge in [0.05, 0.1) is 19.9 Å². The predicted octanol–water partition coefficient (Wildman–Crippen LogP) is 3.78. The van der Waals surface area contributed by atoms with E-state index >= 15 is 0 Å². The van der Waals surface area contributed by atoms with Crippen LogP contribution in [0.5, 0.6) is 5.75 Å². The van der Waals surface area contributed by atoms with Crippen LogP contribution in [0.1, 0.15) is 16.9 Å². The number of carbonyl (C=O) groups excluding carboxylic acids is 2. The van der Waals surface area contributed by atoms with Crippen molar-refractivity contribution in [2.24, 2.45) is 0 Å². The van der Waals surface area contributed by atoms with E-state index < -0.39 is 11.8 Å². The molecule has 0 radical (unpaired) electrons. The molecule has 3 aromatic rings. The van der Waals surface area contributed by atoms with E-state index in [1.807, 2.05) is 30.3 Å². The molecule has 0 aliphatic carbocycles. The van der Waals surface area contributed by atoms with Gasteiger partial charge in [-0.2, -0.15) is 0 Å². The third-order valence-electron chi connectivity index (χ3n) is 4.16. The summed E-state index contributed by atoms with van der Waals surface area (Å²) in [6.07, 6.45) is 6.20. The zero-order valence-electron chi connectivity index (χ0n) is 16.5. The van der Waals surface area contributed by atoms with E-state index in [1.165, 1.54) is 12.3 Å². The van der Waals surface area contributed by atoms with E-state index in [9.17, 15) is 9.59 Å². The molecule has 0 bridgehead atoms. The maximum atomic E-state index is 12.7. The van der Waals surface area contributed by atoms with E-state index in [0.29, 0.717) is 11.5 Å². The molecule has 0 fully saturated rings. The molecule has 0 unspecified atom stereocenters. The maximum Gasteiger partial charge on any atom is 0.268 e. The van der Waals surface area contributed by atoms with E-state index in [-0.39, 0.29) is 12.2 Å². The first-order valence-electron chi connectivity index (χ1n) is 9.34. The van der Waals surface area contributed by atoms with Gasteiger partial charge in [-0.15, -0.1) is 0 Å². The average molecular weight is 402 g/mol. The first-order chi connectivity index (χ1) is 14.6. The van der Waals surface area contributed by atoms with Crippen molar-refractivity contribution >= 4 is 24.0 Å². The minimum Gasteiger partial charge on any atom is -0.497 e. The van der Waals surface area contributed by atoms with Crippen LogP contribution in [-0.2, 0) is 16.1 Å². The number of hydrogen-bond donors (Lipinski definition) is 2. The predicted molar refractivity (Wildman–Crippen MR) is 115 cm³/mol. The smallest absolute Gasteiger partial charge is 0.268 e. The fourth-order valence-electron chi connectivity index (χ4n) is 2.61. The van der Waals surface area contributed by atoms with Crippen molar-refractivity contribution in [2.75, 3.05) is 7.11 Å². The third kappa shape index (κ3) is 6.24. The normalized spacial score (nSPS) is 11.3. The lowest BCUT2D eigenvalue weighted by Crippen LogP contribution is -2.33. The number of hydrogen-bond acceptors (Lipinski definition) is 4. The van der Waals surface area contributed by atoms with Gasteiger partial charge in [-0.05, 0) is 47.5 Å². The quantitative estimate of drug-likeness (QED) is 0.562. The van der Waals surface area contributed by atoms with E-state index in [1.54, 1.807) is 55.7 Å². The zero-order valence-corrected chi connectivity index (χ0v) is 16.5. The summed E-state index contributed by atoms with van der Waals surface area (Å²) in [5.41, 5.74) is 1.75. The van der Waals surface area contributed by atoms with Gasteiger partial charge in [0, 0.05) is 6.08 Å². The second-order valence-corrected chi connectivity index (χ2v) is 6.33. The number of carbonyl (C=O) groups is 2. The third-order valence-corrected chi connectivity index (χ3v) is 4.16. The molecule has 2 amide bonds. The highest BCUT2D eigenvalue weighted by Crippen LogP contribution is 2.14. The Kier molecular flexibility index (Phi) is 7.22. The number of methoxy groups -OCH3 is 1. The molecule has 0 saturated carbocycles. The summed E-state index contributed by atoms with van der Waals surface area (Å²) in [5, 5.41) is 5.40. The Balaban J connectivity index is 1.74. The minimum absolute atomic E-state index is 0.120. The van der Waals surface area contributed by atoms with Crippen molar-refractivity contribution in [3.8, 4) is 5.75 Å². The molecule has 152 valence electrons. The Morgan fingerprint density at radius 2 is 1.73 bits per heavy atom. The molecule has 30 heavy (non-hydrogen) atoms. The largest absolute Gasteiger partial charge is 0.497 e. The Morgan fingerprint density at radius 1 is 0.967 bits per heavy atom. The Morgan fingerprint density at radius 3 is 2.40 bits per heavy atom. The number of furan rings is 1. The van der Waals surface area contributed by atoms with Gasteiger partial charge in [-0.1, -0.05) is 42.5 Å². The number of benzene rings is 2. The summed E-state index contributed by atoms with van der Waals surface area (Å²) < 4.78 is 10.4. The number of rotatable bonds is 8. The molecule has 0 aliphatic rings. The fraction of sp³-hybridized carbons (Fsp3) is 0.0833. The lowest BCUT2D eigenvalue weighted by molar-refractivity contribution is -0.121. The topological polar surface area (TPSA) is 80.6 Å². The molecule has 1 aromatic heterocycles. The molecular formula is C24H22N2O4. The second-order valence-electron chi connectivity index (χ2n) is 6.33. The van der Waals surface area contributed by atoms with Gasteiger partial charge in [-0.3, -0.25) is 9.59 Å². The molecule has 0 saturated heterocycles. The van der Waals surface area contributed by atoms with Crippen molar-refractivity contribution in [1.29, 1.82) is 0 Å². The minimum atomic E-state index is -0.427. The van der Waals surface area contributed by atoms with Crippen molar-refractivity contribution in [3.63, 3.8) is 0 Å². The molecular weight excluding hydrogens is 380 g/mol. The van der Waals surface area contributed by atoms with Crippen LogP contribution >= 0.6 is 0 Å². The molecule has 6 heteroatoms. The Bertz CT molecular complexity index is 1020. The van der Waals surface area contributed by atoms with Crippen molar-refractivity contribution in [1.82, 2.24) is 10.6 Å². The van der Waals surface area contributed by atoms with Crippen LogP contribution in [0, 0.1) is 0 Å². The van der Waals surface area contributed by atoms with Crippen molar-refractivity contribution in [2.45, 2.75) is 6.54 Å². The van der Waals surface area contributed by atoms with Gasteiger partial charge in [0.25, 0.3) is 5.91 Å². The molecule has 2 aromatic carbocycles. The average Bonchev–Trinajstić information content (AvgIpc) is 3.30. The van der Waals surface area contributed by atoms with E-state index in [0.717, 1.165) is 11.1 Å². The number of ether oxygens (including phenoxy) is 1. The fourth-order valence-corrected chi connectivity index (χ4v) is 2.61. The summed E-state index contributed by atoms with van der Waals surface area (Å²) in [4.78, 5) is 25.1. The standard InChI is InChI=1S/C24H22N2O4/c1-29-20-12-9-19(10-13-20)16-22(24(28)25-17-21-8-5-15-30-21)26-23(27)14-11-18-6-3-2-4-7-18/h2-16H,17H2,1H3,(H,25,28)(H,26,27)/b14-11+,22-16-. The van der Waals surface area contributed by atoms with Crippen molar-refractivity contribution in [3.05, 3.63) is 102 Å². The van der Waals surface area contributed by atoms with Gasteiger partial charge in [0.15, 0.2) is 0 Å². The van der Waals surface area contributed by atoms with E-state index in [2.05, 4.69) is 10.6 Å². The molecule has 2 N–H and O–H groups in total. The van der Waals surface area contributed by atoms with Crippen molar-refractivity contribution < 1.29 is 18.7 Å². The van der Waals surface area contributed by atoms with Gasteiger partial charge >= 0.3 is 0 Å². The van der Waals surface area contributed by atoms with Crippen LogP contribution in [0.15, 0.2) is 89.2 Å². The summed E-state index contributed by atoms with van der Waals surface area (Å²) in [5.74, 6) is 0.476. The van der Waals surface area contributed by atoms with Gasteiger partial charge < -0.3 is 19.8 Å². The summed E-state index contributed by atoms with van der Waals surface area (Å²) in [7, 11) is 1.58. The Hall–Kier alpha value is -4.06. The van der Waals surface area contributed by atoms with Crippen LogP contribution in [0.25, 0.3) is 12.2 Å². The first kappa shape index (κ1) is 20.7. The molecule has 6 nitrogen and oxygen atoms in total. The lowest BCUT2D eigenvalue weighted by Gasteiger charge is -2.09. The first-order valence-corrected chi connectivity index (χ1v) is 9.34. The zero-order chi connectivity index (χ0) is 21.2. The Labute approximate surface area is 174 Å². The molecule has 0 atom stereocenters. The van der Waals surface area contributed by atoms with E-state index in [4.69, 9.17) is 9.15 Å². The highest BCUT2D eigenvalue weighted by Gasteiger charge is 2.12. The summed E-state index contributed by atoms with van der Waals surface area (Å²) in [6, 6.07) is 20.1. The molecule has 1 heterocycles. The van der Waals surface area contributed by atoms with Gasteiger partial charge in [0.2, 0.25) is 5.91 Å². The van der Waals surface area contributed by atoms with Crippen LogP contribution in [0.3, 0.4) is 0 Å². The van der Waals surface area contributed by atoms with Gasteiger partial charge in [-0.25, -0.2) is 0 Å². The summed E-state index contributed by atoms with van der Waals surface area (Å²) in [6.45, 7) is 0.210. The van der Waals surface area contributed by atoms with Crippen LogP contribution in [0.2, 0.25) is 0 Å². The lowest BCUT2D eigenvalue weighted by atomic mass is 10.1. The molecule has 0 spiro atoms. The molecule has 3 rings (SSSR count). The monoisotopic (exact) mass is 402 g/mol. The highest BCUT2D eigenvalue weighted by atomic mass is 16.5. The van der Waals surface area contributed by atoms with Crippen LogP contribution in [0.4, 0.5) is 0 Å². The maximum absolute atomic E-state index is 12.7. The van der Waals surface area contributed by atoms with Crippen LogP contribution < -0.4 is 15.4 Å². The SMILES string of the molecule is COc1ccc(/C=C(\NC(=O)/C=C/c2ccccc2)C(=O)NCc2ccco2)cc1. The second kappa shape index (κ2) is 10.5. The highest BCUT2D eigenvalue weighted by molar-refractivity contribution is 6.04.